The Morgan fingerprint density at radius 1 is 1.21 bits per heavy atom. The number of carboxylic acid groups (broad SMARTS) is 1. The summed E-state index contributed by atoms with van der Waals surface area (Å²) in [6.45, 7) is 1.98. The molecule has 0 radical (unpaired) electrons. The van der Waals surface area contributed by atoms with E-state index in [4.69, 9.17) is 9.84 Å². The highest BCUT2D eigenvalue weighted by Gasteiger charge is 2.54. The quantitative estimate of drug-likeness (QED) is 0.611. The van der Waals surface area contributed by atoms with Crippen LogP contribution in [0.25, 0.3) is 17.2 Å². The Kier molecular flexibility index (Phi) is 6.11. The first-order valence-corrected chi connectivity index (χ1v) is 12.0. The van der Waals surface area contributed by atoms with Gasteiger partial charge in [-0.15, -0.1) is 0 Å². The maximum atomic E-state index is 13.5. The number of hydrogen-bond donors (Lipinski definition) is 2. The van der Waals surface area contributed by atoms with E-state index in [9.17, 15) is 14.0 Å². The van der Waals surface area contributed by atoms with Crippen molar-refractivity contribution in [3.63, 3.8) is 0 Å². The van der Waals surface area contributed by atoms with E-state index >= 15 is 0 Å². The number of halogens is 1. The van der Waals surface area contributed by atoms with Crippen molar-refractivity contribution in [1.82, 2.24) is 10.3 Å². The van der Waals surface area contributed by atoms with Crippen LogP contribution in [0.3, 0.4) is 0 Å². The first kappa shape index (κ1) is 22.6. The lowest BCUT2D eigenvalue weighted by atomic mass is 9.57. The van der Waals surface area contributed by atoms with Gasteiger partial charge in [0, 0.05) is 23.7 Å². The molecule has 6 nitrogen and oxygen atoms in total. The fourth-order valence-corrected chi connectivity index (χ4v) is 6.47. The molecule has 2 N–H and O–H groups in total. The third-order valence-electron chi connectivity index (χ3n) is 7.91. The van der Waals surface area contributed by atoms with Crippen LogP contribution in [0.5, 0.6) is 0 Å². The molecular weight excluding hydrogens is 435 g/mol. The number of carbonyl (C=O) groups is 2. The van der Waals surface area contributed by atoms with Gasteiger partial charge in [0.1, 0.15) is 11.9 Å². The van der Waals surface area contributed by atoms with Crippen LogP contribution in [0.15, 0.2) is 48.7 Å². The maximum absolute atomic E-state index is 13.5. The minimum absolute atomic E-state index is 0.0631. The number of nitrogens with one attached hydrogen (secondary N) is 1. The number of aromatic nitrogens is 1. The van der Waals surface area contributed by atoms with Crippen molar-refractivity contribution < 1.29 is 23.8 Å². The van der Waals surface area contributed by atoms with Crippen molar-refractivity contribution in [3.8, 4) is 11.1 Å². The fraction of sp³-hybridized carbons (Fsp3) is 0.444. The lowest BCUT2D eigenvalue weighted by Crippen LogP contribution is -2.48. The number of cyclic esters (lactones) is 1. The lowest BCUT2D eigenvalue weighted by molar-refractivity contribution is -0.144. The third kappa shape index (κ3) is 4.43. The smallest absolute Gasteiger partial charge is 0.404 e. The predicted molar refractivity (Wildman–Crippen MR) is 125 cm³/mol. The zero-order valence-corrected chi connectivity index (χ0v) is 19.1. The van der Waals surface area contributed by atoms with Crippen LogP contribution < -0.4 is 5.32 Å². The molecule has 1 aliphatic heterocycles. The highest BCUT2D eigenvalue weighted by atomic mass is 19.1. The summed E-state index contributed by atoms with van der Waals surface area (Å²) in [4.78, 5) is 28.3. The number of rotatable bonds is 4. The molecule has 178 valence electrons. The van der Waals surface area contributed by atoms with Crippen LogP contribution in [0.2, 0.25) is 0 Å². The van der Waals surface area contributed by atoms with Gasteiger partial charge in [-0.25, -0.2) is 9.18 Å². The number of carbonyl (C=O) groups excluding carboxylic acids is 1. The van der Waals surface area contributed by atoms with Crippen molar-refractivity contribution >= 4 is 18.1 Å². The van der Waals surface area contributed by atoms with E-state index in [2.05, 4.69) is 16.4 Å². The number of hydrogen-bond acceptors (Lipinski definition) is 4. The van der Waals surface area contributed by atoms with Gasteiger partial charge in [-0.3, -0.25) is 9.78 Å². The molecule has 3 fully saturated rings. The molecule has 2 aromatic rings. The zero-order valence-electron chi connectivity index (χ0n) is 19.1. The van der Waals surface area contributed by atoms with Gasteiger partial charge in [0.15, 0.2) is 0 Å². The molecule has 2 heterocycles. The van der Waals surface area contributed by atoms with E-state index in [1.807, 2.05) is 31.2 Å². The van der Waals surface area contributed by atoms with Crippen LogP contribution in [-0.2, 0) is 9.53 Å². The molecule has 3 aliphatic rings. The Morgan fingerprint density at radius 3 is 2.79 bits per heavy atom. The van der Waals surface area contributed by atoms with Gasteiger partial charge in [-0.05, 0) is 80.2 Å². The van der Waals surface area contributed by atoms with Gasteiger partial charge in [0.25, 0.3) is 0 Å². The van der Waals surface area contributed by atoms with E-state index < -0.39 is 6.09 Å². The van der Waals surface area contributed by atoms with Gasteiger partial charge < -0.3 is 15.2 Å². The molecule has 1 aromatic heterocycles. The molecule has 5 rings (SSSR count). The van der Waals surface area contributed by atoms with Gasteiger partial charge in [0.2, 0.25) is 0 Å². The number of ether oxygens (including phenoxy) is 1. The molecule has 1 aromatic carbocycles. The Balaban J connectivity index is 1.37. The van der Waals surface area contributed by atoms with Crippen molar-refractivity contribution in [2.24, 2.45) is 29.6 Å². The topological polar surface area (TPSA) is 88.5 Å². The zero-order chi connectivity index (χ0) is 23.8. The second-order valence-corrected chi connectivity index (χ2v) is 9.86. The van der Waals surface area contributed by atoms with Crippen LogP contribution in [0.4, 0.5) is 9.18 Å². The van der Waals surface area contributed by atoms with Crippen molar-refractivity contribution in [1.29, 1.82) is 0 Å². The Labute approximate surface area is 198 Å². The van der Waals surface area contributed by atoms with Crippen molar-refractivity contribution in [3.05, 3.63) is 60.2 Å². The standard InChI is InChI=1S/C27H29FN2O4/c1-15-25-23(10-7-20-6-5-17(14-29-20)16-3-2-4-19(28)11-16)22-9-8-21(30-27(32)33)12-18(22)13-24(25)26(31)34-15/h2-7,10-11,14-15,18,21-25,30H,8-9,12-13H2,1H3,(H,32,33)/b10-7+/t15-,18+,21-,22-,23+,24-,25+/m1/s1. The number of allylic oxidation sites excluding steroid dienone is 1. The summed E-state index contributed by atoms with van der Waals surface area (Å²) in [6.07, 6.45) is 8.06. The molecule has 0 bridgehead atoms. The van der Waals surface area contributed by atoms with Crippen molar-refractivity contribution in [2.75, 3.05) is 0 Å². The van der Waals surface area contributed by atoms with E-state index in [0.29, 0.717) is 5.92 Å². The average Bonchev–Trinajstić information content (AvgIpc) is 3.09. The molecule has 2 aliphatic carbocycles. The molecule has 1 saturated heterocycles. The Bertz CT molecular complexity index is 1100. The predicted octanol–water partition coefficient (Wildman–Crippen LogP) is 5.15. The summed E-state index contributed by atoms with van der Waals surface area (Å²) >= 11 is 0. The highest BCUT2D eigenvalue weighted by Crippen LogP contribution is 2.53. The van der Waals surface area contributed by atoms with Crippen LogP contribution in [0, 0.1) is 35.4 Å². The molecule has 7 atom stereocenters. The molecule has 7 heteroatoms. The number of benzene rings is 1. The van der Waals surface area contributed by atoms with Gasteiger partial charge >= 0.3 is 12.1 Å². The first-order valence-electron chi connectivity index (χ1n) is 12.0. The number of nitrogens with zero attached hydrogens (tertiary/aromatic N) is 1. The largest absolute Gasteiger partial charge is 0.465 e. The number of pyridine rings is 1. The lowest BCUT2D eigenvalue weighted by Gasteiger charge is -2.47. The molecular formula is C27H29FN2O4. The summed E-state index contributed by atoms with van der Waals surface area (Å²) in [5.74, 6) is 0.411. The van der Waals surface area contributed by atoms with Crippen LogP contribution >= 0.6 is 0 Å². The summed E-state index contributed by atoms with van der Waals surface area (Å²) in [5, 5.41) is 11.8. The maximum Gasteiger partial charge on any atom is 0.404 e. The van der Waals surface area contributed by atoms with Crippen LogP contribution in [-0.4, -0.2) is 34.3 Å². The first-order chi connectivity index (χ1) is 16.4. The number of fused-ring (bicyclic) bond motifs is 2. The fourth-order valence-electron chi connectivity index (χ4n) is 6.47. The molecule has 2 saturated carbocycles. The molecule has 0 spiro atoms. The average molecular weight is 465 g/mol. The van der Waals surface area contributed by atoms with Gasteiger partial charge in [-0.2, -0.15) is 0 Å². The highest BCUT2D eigenvalue weighted by molar-refractivity contribution is 5.75. The summed E-state index contributed by atoms with van der Waals surface area (Å²) < 4.78 is 19.2. The van der Waals surface area contributed by atoms with Gasteiger partial charge in [0.05, 0.1) is 11.6 Å². The van der Waals surface area contributed by atoms with Crippen LogP contribution in [0.1, 0.15) is 38.3 Å². The number of amides is 1. The van der Waals surface area contributed by atoms with Crippen molar-refractivity contribution in [2.45, 2.75) is 44.8 Å². The van der Waals surface area contributed by atoms with E-state index in [0.717, 1.165) is 42.5 Å². The Morgan fingerprint density at radius 2 is 2.06 bits per heavy atom. The summed E-state index contributed by atoms with van der Waals surface area (Å²) in [7, 11) is 0. The monoisotopic (exact) mass is 464 g/mol. The second kappa shape index (κ2) is 9.20. The molecule has 1 amide bonds. The minimum Gasteiger partial charge on any atom is -0.465 e. The molecule has 0 unspecified atom stereocenters. The van der Waals surface area contributed by atoms with E-state index in [-0.39, 0.29) is 47.6 Å². The minimum atomic E-state index is -0.991. The van der Waals surface area contributed by atoms with E-state index in [1.54, 1.807) is 12.3 Å². The summed E-state index contributed by atoms with van der Waals surface area (Å²) in [5.41, 5.74) is 2.43. The summed E-state index contributed by atoms with van der Waals surface area (Å²) in [6, 6.07) is 10.2. The molecule has 34 heavy (non-hydrogen) atoms. The van der Waals surface area contributed by atoms with E-state index in [1.165, 1.54) is 12.1 Å². The second-order valence-electron chi connectivity index (χ2n) is 9.86. The van der Waals surface area contributed by atoms with Gasteiger partial charge in [-0.1, -0.05) is 24.3 Å². The Hall–Kier alpha value is -3.22. The normalized spacial score (nSPS) is 32.6. The number of esters is 1. The third-order valence-corrected chi connectivity index (χ3v) is 7.91. The SMILES string of the molecule is C[C@H]1OC(=O)[C@@H]2C[C@@H]3C[C@H](NC(=O)O)CC[C@H]3[C@H](/C=C/c3ccc(-c4cccc(F)c4)cn3)[C@H]12.